The van der Waals surface area contributed by atoms with Crippen molar-refractivity contribution in [2.75, 3.05) is 13.1 Å². The van der Waals surface area contributed by atoms with Gasteiger partial charge in [-0.3, -0.25) is 4.79 Å². The second kappa shape index (κ2) is 6.50. The molecular weight excluding hydrogens is 310 g/mol. The van der Waals surface area contributed by atoms with Crippen LogP contribution < -0.4 is 5.73 Å². The van der Waals surface area contributed by atoms with Crippen LogP contribution in [0.5, 0.6) is 0 Å². The maximum absolute atomic E-state index is 13.8. The maximum atomic E-state index is 13.8. The van der Waals surface area contributed by atoms with Crippen LogP contribution in [0, 0.1) is 23.5 Å². The zero-order valence-corrected chi connectivity index (χ0v) is 13.3. The number of nitrogens with zero attached hydrogens (tertiary/aromatic N) is 1. The third kappa shape index (κ3) is 2.97. The number of hydrogen-bond acceptors (Lipinski definition) is 2. The Hall–Kier alpha value is -1.20. The summed E-state index contributed by atoms with van der Waals surface area (Å²) >= 11 is 0. The Morgan fingerprint density at radius 1 is 1.32 bits per heavy atom. The van der Waals surface area contributed by atoms with Crippen molar-refractivity contribution in [3.63, 3.8) is 0 Å². The number of rotatable bonds is 3. The number of benzene rings is 1. The Bertz CT molecular complexity index is 549. The van der Waals surface area contributed by atoms with Gasteiger partial charge in [-0.05, 0) is 44.4 Å². The van der Waals surface area contributed by atoms with Crippen molar-refractivity contribution in [3.05, 3.63) is 35.4 Å². The van der Waals surface area contributed by atoms with E-state index in [0.29, 0.717) is 25.4 Å². The first-order valence-corrected chi connectivity index (χ1v) is 7.47. The molecule has 4 atom stereocenters. The molecule has 1 saturated carbocycles. The topological polar surface area (TPSA) is 46.3 Å². The van der Waals surface area contributed by atoms with E-state index >= 15 is 0 Å². The van der Waals surface area contributed by atoms with Crippen molar-refractivity contribution in [2.24, 2.45) is 17.6 Å². The van der Waals surface area contributed by atoms with E-state index in [2.05, 4.69) is 0 Å². The average molecular weight is 331 g/mol. The highest BCUT2D eigenvalue weighted by molar-refractivity contribution is 5.85. The summed E-state index contributed by atoms with van der Waals surface area (Å²) in [5.74, 6) is -1.34. The SMILES string of the molecule is CC1CC(CN)CN1C(=O)C1CC1c1c(F)cccc1F.Cl. The van der Waals surface area contributed by atoms with E-state index in [1.165, 1.54) is 18.2 Å². The summed E-state index contributed by atoms with van der Waals surface area (Å²) < 4.78 is 27.5. The molecule has 0 bridgehead atoms. The fourth-order valence-corrected chi connectivity index (χ4v) is 3.49. The average Bonchev–Trinajstić information content (AvgIpc) is 3.13. The highest BCUT2D eigenvalue weighted by Crippen LogP contribution is 2.50. The molecule has 1 amide bonds. The van der Waals surface area contributed by atoms with E-state index < -0.39 is 11.6 Å². The van der Waals surface area contributed by atoms with Crippen LogP contribution in [0.15, 0.2) is 18.2 Å². The molecule has 2 aliphatic rings. The minimum absolute atomic E-state index is 0. The summed E-state index contributed by atoms with van der Waals surface area (Å²) in [6, 6.07) is 4.02. The van der Waals surface area contributed by atoms with Gasteiger partial charge in [0.1, 0.15) is 11.6 Å². The first-order valence-electron chi connectivity index (χ1n) is 7.47. The predicted molar refractivity (Wildman–Crippen MR) is 82.8 cm³/mol. The van der Waals surface area contributed by atoms with Gasteiger partial charge in [0.15, 0.2) is 0 Å². The predicted octanol–water partition coefficient (Wildman–Crippen LogP) is 2.69. The lowest BCUT2D eigenvalue weighted by Gasteiger charge is -2.21. The standard InChI is InChI=1S/C16H20F2N2O.ClH/c1-9-5-10(7-19)8-20(9)16(21)12-6-11(12)15-13(17)3-2-4-14(15)18;/h2-4,9-12H,5-8,19H2,1H3;1H. The normalized spacial score (nSPS) is 30.1. The van der Waals surface area contributed by atoms with E-state index in [-0.39, 0.29) is 41.8 Å². The number of nitrogens with two attached hydrogens (primary N) is 1. The van der Waals surface area contributed by atoms with Gasteiger partial charge < -0.3 is 10.6 Å². The second-order valence-corrected chi connectivity index (χ2v) is 6.26. The Kier molecular flexibility index (Phi) is 5.07. The molecule has 0 aromatic heterocycles. The van der Waals surface area contributed by atoms with Crippen molar-refractivity contribution in [1.82, 2.24) is 4.90 Å². The van der Waals surface area contributed by atoms with E-state index in [0.717, 1.165) is 6.42 Å². The number of halogens is 3. The van der Waals surface area contributed by atoms with Crippen LogP contribution in [0.3, 0.4) is 0 Å². The molecule has 22 heavy (non-hydrogen) atoms. The highest BCUT2D eigenvalue weighted by atomic mass is 35.5. The lowest BCUT2D eigenvalue weighted by atomic mass is 10.1. The minimum atomic E-state index is -0.551. The molecule has 1 aliphatic carbocycles. The van der Waals surface area contributed by atoms with Crippen LogP contribution in [0.25, 0.3) is 0 Å². The first-order chi connectivity index (χ1) is 10.0. The summed E-state index contributed by atoms with van der Waals surface area (Å²) in [6.45, 7) is 3.25. The molecule has 1 aromatic rings. The molecule has 1 saturated heterocycles. The van der Waals surface area contributed by atoms with Crippen LogP contribution in [0.2, 0.25) is 0 Å². The van der Waals surface area contributed by atoms with Gasteiger partial charge in [-0.1, -0.05) is 6.07 Å². The molecule has 1 aromatic carbocycles. The third-order valence-corrected chi connectivity index (χ3v) is 4.76. The molecule has 1 heterocycles. The molecule has 4 unspecified atom stereocenters. The molecule has 3 rings (SSSR count). The van der Waals surface area contributed by atoms with E-state index in [9.17, 15) is 13.6 Å². The summed E-state index contributed by atoms with van der Waals surface area (Å²) in [6.07, 6.45) is 1.45. The minimum Gasteiger partial charge on any atom is -0.339 e. The summed E-state index contributed by atoms with van der Waals surface area (Å²) in [5, 5.41) is 0. The summed E-state index contributed by atoms with van der Waals surface area (Å²) in [5.41, 5.74) is 5.74. The van der Waals surface area contributed by atoms with Gasteiger partial charge >= 0.3 is 0 Å². The zero-order chi connectivity index (χ0) is 15.1. The number of carbonyl (C=O) groups is 1. The molecule has 0 spiro atoms. The van der Waals surface area contributed by atoms with Gasteiger partial charge in [0, 0.05) is 30.0 Å². The number of hydrogen-bond donors (Lipinski definition) is 1. The molecule has 2 fully saturated rings. The molecule has 2 N–H and O–H groups in total. The van der Waals surface area contributed by atoms with Crippen molar-refractivity contribution in [3.8, 4) is 0 Å². The number of likely N-dealkylation sites (tertiary alicyclic amines) is 1. The van der Waals surface area contributed by atoms with Crippen LogP contribution in [0.1, 0.15) is 31.2 Å². The van der Waals surface area contributed by atoms with Crippen molar-refractivity contribution < 1.29 is 13.6 Å². The van der Waals surface area contributed by atoms with Gasteiger partial charge in [-0.15, -0.1) is 12.4 Å². The molecule has 6 heteroatoms. The second-order valence-electron chi connectivity index (χ2n) is 6.26. The first kappa shape index (κ1) is 17.2. The van der Waals surface area contributed by atoms with Gasteiger partial charge in [-0.25, -0.2) is 8.78 Å². The van der Waals surface area contributed by atoms with Crippen LogP contribution in [0.4, 0.5) is 8.78 Å². The van der Waals surface area contributed by atoms with E-state index in [4.69, 9.17) is 5.73 Å². The van der Waals surface area contributed by atoms with E-state index in [1.54, 1.807) is 0 Å². The molecule has 122 valence electrons. The lowest BCUT2D eigenvalue weighted by Crippen LogP contribution is -2.35. The van der Waals surface area contributed by atoms with Crippen LogP contribution in [-0.2, 0) is 4.79 Å². The zero-order valence-electron chi connectivity index (χ0n) is 12.5. The summed E-state index contributed by atoms with van der Waals surface area (Å²) in [4.78, 5) is 14.4. The van der Waals surface area contributed by atoms with Crippen molar-refractivity contribution in [2.45, 2.75) is 31.7 Å². The Labute approximate surface area is 135 Å². The van der Waals surface area contributed by atoms with Gasteiger partial charge in [0.05, 0.1) is 0 Å². The summed E-state index contributed by atoms with van der Waals surface area (Å²) in [7, 11) is 0. The van der Waals surface area contributed by atoms with Gasteiger partial charge in [-0.2, -0.15) is 0 Å². The largest absolute Gasteiger partial charge is 0.339 e. The molecule has 0 radical (unpaired) electrons. The highest BCUT2D eigenvalue weighted by Gasteiger charge is 2.49. The Morgan fingerprint density at radius 3 is 2.50 bits per heavy atom. The van der Waals surface area contributed by atoms with Gasteiger partial charge in [0.2, 0.25) is 5.91 Å². The fourth-order valence-electron chi connectivity index (χ4n) is 3.49. The van der Waals surface area contributed by atoms with E-state index in [1.807, 2.05) is 11.8 Å². The fraction of sp³-hybridized carbons (Fsp3) is 0.562. The van der Waals surface area contributed by atoms with Gasteiger partial charge in [0.25, 0.3) is 0 Å². The lowest BCUT2D eigenvalue weighted by molar-refractivity contribution is -0.133. The van der Waals surface area contributed by atoms with Crippen molar-refractivity contribution in [1.29, 1.82) is 0 Å². The Balaban J connectivity index is 0.00000176. The molecule has 1 aliphatic heterocycles. The maximum Gasteiger partial charge on any atom is 0.226 e. The Morgan fingerprint density at radius 2 is 1.95 bits per heavy atom. The molecular formula is C16H21ClF2N2O. The molecule has 3 nitrogen and oxygen atoms in total. The van der Waals surface area contributed by atoms with Crippen molar-refractivity contribution >= 4 is 18.3 Å². The third-order valence-electron chi connectivity index (χ3n) is 4.76. The van der Waals surface area contributed by atoms with Crippen LogP contribution in [-0.4, -0.2) is 29.9 Å². The number of carbonyl (C=O) groups excluding carboxylic acids is 1. The monoisotopic (exact) mass is 330 g/mol. The van der Waals surface area contributed by atoms with Crippen LogP contribution >= 0.6 is 12.4 Å². The number of amides is 1. The quantitative estimate of drug-likeness (QED) is 0.926. The smallest absolute Gasteiger partial charge is 0.226 e.